The Morgan fingerprint density at radius 1 is 1.00 bits per heavy atom. The van der Waals surface area contributed by atoms with E-state index < -0.39 is 5.41 Å². The Hall–Kier alpha value is -2.45. The average molecular weight is 570 g/mol. The molecular weight excluding hydrogens is 526 g/mol. The highest BCUT2D eigenvalue weighted by molar-refractivity contribution is 5.97. The SMILES string of the molecule is CCCC[C@]1(CC2CNC3(CCN(Cc4ccc(Oc5ccc(O)cc5)cc4)CC3)CN2)CC(=O)CCC1=O.Cl. The fourth-order valence-electron chi connectivity index (χ4n) is 6.61. The van der Waals surface area contributed by atoms with E-state index in [1.54, 1.807) is 24.3 Å². The Labute approximate surface area is 244 Å². The molecule has 7 nitrogen and oxygen atoms in total. The largest absolute Gasteiger partial charge is 0.508 e. The van der Waals surface area contributed by atoms with E-state index in [1.807, 2.05) is 12.1 Å². The van der Waals surface area contributed by atoms with Crippen LogP contribution in [0.5, 0.6) is 17.2 Å². The summed E-state index contributed by atoms with van der Waals surface area (Å²) in [5, 5.41) is 17.1. The molecule has 0 radical (unpaired) electrons. The topological polar surface area (TPSA) is 90.9 Å². The van der Waals surface area contributed by atoms with E-state index in [4.69, 9.17) is 4.74 Å². The maximum absolute atomic E-state index is 13.0. The molecule has 1 unspecified atom stereocenters. The number of phenolic OH excluding ortho intramolecular Hbond substituents is 1. The van der Waals surface area contributed by atoms with Gasteiger partial charge < -0.3 is 20.5 Å². The molecule has 2 aromatic carbocycles. The number of aromatic hydroxyl groups is 1. The molecule has 1 aliphatic carbocycles. The molecule has 2 heterocycles. The number of halogens is 1. The number of ether oxygens (including phenoxy) is 1. The number of phenols is 1. The number of unbranched alkanes of at least 4 members (excludes halogenated alkanes) is 1. The van der Waals surface area contributed by atoms with Gasteiger partial charge in [-0.05, 0) is 67.6 Å². The number of likely N-dealkylation sites (tertiary alicyclic amines) is 1. The third kappa shape index (κ3) is 7.43. The quantitative estimate of drug-likeness (QED) is 0.373. The van der Waals surface area contributed by atoms with Gasteiger partial charge >= 0.3 is 0 Å². The summed E-state index contributed by atoms with van der Waals surface area (Å²) in [5.41, 5.74) is 0.920. The van der Waals surface area contributed by atoms with Crippen molar-refractivity contribution in [1.82, 2.24) is 15.5 Å². The number of piperazine rings is 1. The smallest absolute Gasteiger partial charge is 0.139 e. The highest BCUT2D eigenvalue weighted by atomic mass is 35.5. The molecule has 2 saturated heterocycles. The van der Waals surface area contributed by atoms with Gasteiger partial charge in [0.25, 0.3) is 0 Å². The number of benzene rings is 2. The zero-order chi connectivity index (χ0) is 27.3. The molecule has 2 atom stereocenters. The molecule has 40 heavy (non-hydrogen) atoms. The third-order valence-electron chi connectivity index (χ3n) is 9.07. The van der Waals surface area contributed by atoms with Crippen LogP contribution in [0.1, 0.15) is 70.3 Å². The van der Waals surface area contributed by atoms with Crippen molar-refractivity contribution in [1.29, 1.82) is 0 Å². The number of rotatable bonds is 9. The fourth-order valence-corrected chi connectivity index (χ4v) is 6.61. The number of hydrogen-bond donors (Lipinski definition) is 3. The predicted molar refractivity (Wildman–Crippen MR) is 159 cm³/mol. The number of carbonyl (C=O) groups is 2. The average Bonchev–Trinajstić information content (AvgIpc) is 2.95. The highest BCUT2D eigenvalue weighted by Gasteiger charge is 2.45. The summed E-state index contributed by atoms with van der Waals surface area (Å²) in [7, 11) is 0. The normalized spacial score (nSPS) is 25.0. The summed E-state index contributed by atoms with van der Waals surface area (Å²) in [5.74, 6) is 2.28. The first kappa shape index (κ1) is 30.5. The molecule has 8 heteroatoms. The summed E-state index contributed by atoms with van der Waals surface area (Å²) in [6, 6.07) is 15.2. The van der Waals surface area contributed by atoms with Crippen LogP contribution < -0.4 is 15.4 Å². The number of ketones is 2. The van der Waals surface area contributed by atoms with E-state index in [1.165, 1.54) is 5.56 Å². The Bertz CT molecular complexity index is 1120. The summed E-state index contributed by atoms with van der Waals surface area (Å²) in [6.07, 6.45) is 7.16. The van der Waals surface area contributed by atoms with Crippen molar-refractivity contribution in [3.05, 3.63) is 54.1 Å². The van der Waals surface area contributed by atoms with Gasteiger partial charge in [0.2, 0.25) is 0 Å². The molecule has 1 spiro atoms. The number of nitrogens with one attached hydrogen (secondary N) is 2. The first-order valence-corrected chi connectivity index (χ1v) is 14.7. The van der Waals surface area contributed by atoms with Crippen LogP contribution in [0.2, 0.25) is 0 Å². The number of hydrogen-bond acceptors (Lipinski definition) is 7. The monoisotopic (exact) mass is 569 g/mol. The summed E-state index contributed by atoms with van der Waals surface area (Å²) >= 11 is 0. The lowest BCUT2D eigenvalue weighted by Crippen LogP contribution is -2.66. The maximum atomic E-state index is 13.0. The van der Waals surface area contributed by atoms with Gasteiger partial charge in [0.05, 0.1) is 0 Å². The third-order valence-corrected chi connectivity index (χ3v) is 9.07. The molecular formula is C32H44ClN3O4. The molecule has 2 aliphatic heterocycles. The van der Waals surface area contributed by atoms with Gasteiger partial charge in [-0.2, -0.15) is 0 Å². The molecule has 5 rings (SSSR count). The van der Waals surface area contributed by atoms with Crippen LogP contribution in [0.4, 0.5) is 0 Å². The van der Waals surface area contributed by atoms with Crippen molar-refractivity contribution >= 4 is 24.0 Å². The number of carbonyl (C=O) groups excluding carboxylic acids is 2. The Kier molecular flexibility index (Phi) is 10.3. The standard InChI is InChI=1S/C32H43N3O4.ClH/c1-2-3-14-31(20-27(37)8-13-30(31)38)19-25-21-34-32(23-33-25)15-17-35(18-16-32)22-24-4-9-28(10-5-24)39-29-11-6-26(36)7-12-29;/h4-7,9-12,25,33-34,36H,2-3,8,13-23H2,1H3;1H/t25?,31-;/m0./s1. The van der Waals surface area contributed by atoms with Crippen molar-refractivity contribution < 1.29 is 19.4 Å². The van der Waals surface area contributed by atoms with Crippen LogP contribution in [0.3, 0.4) is 0 Å². The second-order valence-corrected chi connectivity index (χ2v) is 12.0. The zero-order valence-corrected chi connectivity index (χ0v) is 24.4. The first-order valence-electron chi connectivity index (χ1n) is 14.7. The van der Waals surface area contributed by atoms with Crippen LogP contribution in [0.15, 0.2) is 48.5 Å². The van der Waals surface area contributed by atoms with Gasteiger partial charge in [-0.1, -0.05) is 31.9 Å². The van der Waals surface area contributed by atoms with E-state index >= 15 is 0 Å². The van der Waals surface area contributed by atoms with Gasteiger partial charge in [0, 0.05) is 69.0 Å². The van der Waals surface area contributed by atoms with Crippen molar-refractivity contribution in [3.8, 4) is 17.2 Å². The molecule has 2 aromatic rings. The van der Waals surface area contributed by atoms with Gasteiger partial charge in [0.1, 0.15) is 28.8 Å². The van der Waals surface area contributed by atoms with E-state index in [9.17, 15) is 14.7 Å². The van der Waals surface area contributed by atoms with Crippen molar-refractivity contribution in [2.45, 2.75) is 82.8 Å². The van der Waals surface area contributed by atoms with Crippen molar-refractivity contribution in [2.24, 2.45) is 5.41 Å². The summed E-state index contributed by atoms with van der Waals surface area (Å²) in [4.78, 5) is 27.9. The maximum Gasteiger partial charge on any atom is 0.139 e. The van der Waals surface area contributed by atoms with Gasteiger partial charge in [-0.15, -0.1) is 12.4 Å². The minimum Gasteiger partial charge on any atom is -0.508 e. The lowest BCUT2D eigenvalue weighted by atomic mass is 9.65. The van der Waals surface area contributed by atoms with E-state index in [2.05, 4.69) is 34.6 Å². The molecule has 1 saturated carbocycles. The van der Waals surface area contributed by atoms with Crippen molar-refractivity contribution in [3.63, 3.8) is 0 Å². The second-order valence-electron chi connectivity index (χ2n) is 12.0. The number of piperidine rings is 1. The Balaban J connectivity index is 0.00000370. The van der Waals surface area contributed by atoms with Gasteiger partial charge in [-0.25, -0.2) is 0 Å². The van der Waals surface area contributed by atoms with E-state index in [0.717, 1.165) is 77.0 Å². The van der Waals surface area contributed by atoms with E-state index in [-0.39, 0.29) is 35.5 Å². The number of Topliss-reactive ketones (excluding diaryl/α,β-unsaturated/α-hetero) is 2. The summed E-state index contributed by atoms with van der Waals surface area (Å²) in [6.45, 7) is 6.93. The first-order chi connectivity index (χ1) is 18.9. The minimum atomic E-state index is -0.455. The highest BCUT2D eigenvalue weighted by Crippen LogP contribution is 2.41. The van der Waals surface area contributed by atoms with Crippen LogP contribution >= 0.6 is 12.4 Å². The molecule has 218 valence electrons. The Morgan fingerprint density at radius 3 is 2.30 bits per heavy atom. The summed E-state index contributed by atoms with van der Waals surface area (Å²) < 4.78 is 5.87. The van der Waals surface area contributed by atoms with Crippen molar-refractivity contribution in [2.75, 3.05) is 26.2 Å². The van der Waals surface area contributed by atoms with Crippen LogP contribution in [0.25, 0.3) is 0 Å². The van der Waals surface area contributed by atoms with Gasteiger partial charge in [0.15, 0.2) is 0 Å². The molecule has 3 fully saturated rings. The zero-order valence-electron chi connectivity index (χ0n) is 23.6. The predicted octanol–water partition coefficient (Wildman–Crippen LogP) is 5.39. The molecule has 0 bridgehead atoms. The lowest BCUT2D eigenvalue weighted by Gasteiger charge is -2.48. The van der Waals surface area contributed by atoms with Gasteiger partial charge in [-0.3, -0.25) is 14.5 Å². The van der Waals surface area contributed by atoms with Crippen LogP contribution in [-0.2, 0) is 16.1 Å². The number of nitrogens with zero attached hydrogens (tertiary/aromatic N) is 1. The second kappa shape index (κ2) is 13.5. The molecule has 3 aliphatic rings. The fraction of sp³-hybridized carbons (Fsp3) is 0.562. The molecule has 3 N–H and O–H groups in total. The lowest BCUT2D eigenvalue weighted by molar-refractivity contribution is -0.140. The van der Waals surface area contributed by atoms with Crippen LogP contribution in [-0.4, -0.2) is 59.3 Å². The minimum absolute atomic E-state index is 0. The molecule has 0 amide bonds. The van der Waals surface area contributed by atoms with E-state index in [0.29, 0.717) is 30.8 Å². The molecule has 0 aromatic heterocycles. The Morgan fingerprint density at radius 2 is 1.68 bits per heavy atom. The van der Waals surface area contributed by atoms with Crippen LogP contribution in [0, 0.1) is 5.41 Å².